The molecule has 0 aliphatic carbocycles. The number of fused-ring (bicyclic) bond motifs is 1. The Morgan fingerprint density at radius 1 is 1.53 bits per heavy atom. The van der Waals surface area contributed by atoms with Crippen LogP contribution >= 0.6 is 22.9 Å². The second-order valence-corrected chi connectivity index (χ2v) is 5.91. The lowest BCUT2D eigenvalue weighted by atomic mass is 10.2. The lowest BCUT2D eigenvalue weighted by Crippen LogP contribution is -2.43. The molecule has 19 heavy (non-hydrogen) atoms. The molecule has 1 aromatic rings. The Balaban J connectivity index is 2.02. The number of amidine groups is 1. The van der Waals surface area contributed by atoms with E-state index in [2.05, 4.69) is 15.2 Å². The molecule has 0 spiro atoms. The fraction of sp³-hybridized carbons (Fsp3) is 0.500. The molecule has 1 fully saturated rings. The highest BCUT2D eigenvalue weighted by atomic mass is 35.5. The van der Waals surface area contributed by atoms with Crippen LogP contribution in [0.15, 0.2) is 4.99 Å². The molecule has 0 saturated carbocycles. The number of aldehydes is 1. The maximum atomic E-state index is 11.1. The van der Waals surface area contributed by atoms with Crippen LogP contribution in [0, 0.1) is 6.92 Å². The normalized spacial score (nSPS) is 22.5. The molecule has 2 aliphatic rings. The molecule has 0 amide bonds. The highest BCUT2D eigenvalue weighted by molar-refractivity contribution is 7.16. The Labute approximate surface area is 120 Å². The SMILES string of the molecule is Cc1c(C=O)sc2c1NC(Cl)N=C2N1CCOCC1. The van der Waals surface area contributed by atoms with E-state index in [0.717, 1.165) is 46.2 Å². The molecule has 0 radical (unpaired) electrons. The number of nitrogens with one attached hydrogen (secondary N) is 1. The average molecular weight is 300 g/mol. The maximum Gasteiger partial charge on any atom is 0.197 e. The molecular formula is C12H14ClN3O2S. The number of carbonyl (C=O) groups excluding carboxylic acids is 1. The second-order valence-electron chi connectivity index (χ2n) is 4.45. The molecule has 2 aliphatic heterocycles. The third-order valence-electron chi connectivity index (χ3n) is 3.30. The van der Waals surface area contributed by atoms with Crippen molar-refractivity contribution >= 4 is 40.7 Å². The Hall–Kier alpha value is -1.11. The highest BCUT2D eigenvalue weighted by Crippen LogP contribution is 2.36. The molecule has 1 N–H and O–H groups in total. The number of ether oxygens (including phenoxy) is 1. The van der Waals surface area contributed by atoms with Crippen LogP contribution in [0.4, 0.5) is 5.69 Å². The summed E-state index contributed by atoms with van der Waals surface area (Å²) in [4.78, 5) is 19.5. The molecule has 1 unspecified atom stereocenters. The fourth-order valence-electron chi connectivity index (χ4n) is 2.29. The van der Waals surface area contributed by atoms with Gasteiger partial charge in [-0.1, -0.05) is 11.6 Å². The minimum Gasteiger partial charge on any atom is -0.378 e. The molecule has 0 bridgehead atoms. The molecule has 1 aromatic heterocycles. The molecule has 3 heterocycles. The van der Waals surface area contributed by atoms with Crippen molar-refractivity contribution in [3.05, 3.63) is 15.3 Å². The Morgan fingerprint density at radius 2 is 2.26 bits per heavy atom. The van der Waals surface area contributed by atoms with E-state index in [-0.39, 0.29) is 0 Å². The molecule has 102 valence electrons. The summed E-state index contributed by atoms with van der Waals surface area (Å²) >= 11 is 7.61. The molecule has 1 atom stereocenters. The summed E-state index contributed by atoms with van der Waals surface area (Å²) in [6.07, 6.45) is 0.889. The maximum absolute atomic E-state index is 11.1. The fourth-order valence-corrected chi connectivity index (χ4v) is 3.60. The number of carbonyl (C=O) groups is 1. The molecule has 7 heteroatoms. The number of rotatable bonds is 1. The quantitative estimate of drug-likeness (QED) is 0.489. The van der Waals surface area contributed by atoms with E-state index in [4.69, 9.17) is 16.3 Å². The van der Waals surface area contributed by atoms with E-state index >= 15 is 0 Å². The molecule has 1 saturated heterocycles. The van der Waals surface area contributed by atoms with E-state index in [1.54, 1.807) is 0 Å². The summed E-state index contributed by atoms with van der Waals surface area (Å²) in [6.45, 7) is 4.92. The van der Waals surface area contributed by atoms with Crippen molar-refractivity contribution in [3.8, 4) is 0 Å². The number of aliphatic imine (C=N–C) groups is 1. The summed E-state index contributed by atoms with van der Waals surface area (Å²) in [5, 5.41) is 3.12. The number of anilines is 1. The van der Waals surface area contributed by atoms with Gasteiger partial charge in [0.1, 0.15) is 5.84 Å². The van der Waals surface area contributed by atoms with Crippen LogP contribution in [0.3, 0.4) is 0 Å². The molecule has 0 aromatic carbocycles. The summed E-state index contributed by atoms with van der Waals surface area (Å²) in [5.41, 5.74) is 1.39. The van der Waals surface area contributed by atoms with Gasteiger partial charge in [0, 0.05) is 13.1 Å². The van der Waals surface area contributed by atoms with Crippen molar-refractivity contribution < 1.29 is 9.53 Å². The number of thiophene rings is 1. The molecule has 3 rings (SSSR count). The summed E-state index contributed by atoms with van der Waals surface area (Å²) in [6, 6.07) is 0. The smallest absolute Gasteiger partial charge is 0.197 e. The topological polar surface area (TPSA) is 53.9 Å². The van der Waals surface area contributed by atoms with Gasteiger partial charge in [-0.2, -0.15) is 0 Å². The highest BCUT2D eigenvalue weighted by Gasteiger charge is 2.29. The van der Waals surface area contributed by atoms with Gasteiger partial charge in [-0.05, 0) is 12.5 Å². The standard InChI is InChI=1S/C12H14ClN3O2S/c1-7-8(6-17)19-10-9(7)14-12(13)15-11(10)16-2-4-18-5-3-16/h6,12,14H,2-5H2,1H3. The average Bonchev–Trinajstić information content (AvgIpc) is 2.76. The van der Waals surface area contributed by atoms with E-state index in [0.29, 0.717) is 13.2 Å². The van der Waals surface area contributed by atoms with E-state index in [1.165, 1.54) is 11.3 Å². The third kappa shape index (κ3) is 2.24. The van der Waals surface area contributed by atoms with Crippen molar-refractivity contribution in [1.29, 1.82) is 0 Å². The van der Waals surface area contributed by atoms with Gasteiger partial charge < -0.3 is 15.0 Å². The zero-order valence-electron chi connectivity index (χ0n) is 10.5. The number of halogens is 1. The number of alkyl halides is 1. The van der Waals surface area contributed by atoms with E-state index in [1.807, 2.05) is 6.92 Å². The predicted octanol–water partition coefficient (Wildman–Crippen LogP) is 1.90. The predicted molar refractivity (Wildman–Crippen MR) is 76.6 cm³/mol. The van der Waals surface area contributed by atoms with Gasteiger partial charge in [-0.15, -0.1) is 11.3 Å². The summed E-state index contributed by atoms with van der Waals surface area (Å²) < 4.78 is 5.36. The summed E-state index contributed by atoms with van der Waals surface area (Å²) in [7, 11) is 0. The van der Waals surface area contributed by atoms with Gasteiger partial charge in [0.2, 0.25) is 0 Å². The Bertz CT molecular complexity index is 537. The lowest BCUT2D eigenvalue weighted by Gasteiger charge is -2.32. The number of hydrogen-bond acceptors (Lipinski definition) is 6. The van der Waals surface area contributed by atoms with Gasteiger partial charge >= 0.3 is 0 Å². The van der Waals surface area contributed by atoms with Crippen LogP contribution in [0.1, 0.15) is 20.1 Å². The van der Waals surface area contributed by atoms with Crippen LogP contribution in [-0.2, 0) is 4.74 Å². The monoisotopic (exact) mass is 299 g/mol. The van der Waals surface area contributed by atoms with Crippen LogP contribution in [-0.4, -0.2) is 48.9 Å². The first kappa shape index (κ1) is 12.9. The van der Waals surface area contributed by atoms with Crippen molar-refractivity contribution in [2.75, 3.05) is 31.6 Å². The van der Waals surface area contributed by atoms with Crippen LogP contribution in [0.2, 0.25) is 0 Å². The first-order chi connectivity index (χ1) is 9.20. The minimum absolute atomic E-state index is 0.488. The van der Waals surface area contributed by atoms with E-state index in [9.17, 15) is 4.79 Å². The molecular weight excluding hydrogens is 286 g/mol. The van der Waals surface area contributed by atoms with E-state index < -0.39 is 5.62 Å². The van der Waals surface area contributed by atoms with Gasteiger partial charge in [0.05, 0.1) is 28.7 Å². The van der Waals surface area contributed by atoms with Gasteiger partial charge in [-0.25, -0.2) is 4.99 Å². The van der Waals surface area contributed by atoms with Crippen LogP contribution in [0.25, 0.3) is 0 Å². The minimum atomic E-state index is -0.488. The first-order valence-electron chi connectivity index (χ1n) is 6.10. The zero-order valence-corrected chi connectivity index (χ0v) is 12.1. The van der Waals surface area contributed by atoms with Crippen LogP contribution < -0.4 is 5.32 Å². The van der Waals surface area contributed by atoms with Gasteiger partial charge in [-0.3, -0.25) is 4.79 Å². The number of morpholine rings is 1. The zero-order chi connectivity index (χ0) is 13.4. The van der Waals surface area contributed by atoms with Crippen LogP contribution in [0.5, 0.6) is 0 Å². The summed E-state index contributed by atoms with van der Waals surface area (Å²) in [5.74, 6) is 0.873. The Kier molecular flexibility index (Phi) is 3.47. The van der Waals surface area contributed by atoms with Gasteiger partial charge in [0.25, 0.3) is 0 Å². The largest absolute Gasteiger partial charge is 0.378 e. The number of nitrogens with zero attached hydrogens (tertiary/aromatic N) is 2. The van der Waals surface area contributed by atoms with Crippen molar-refractivity contribution in [2.24, 2.45) is 4.99 Å². The van der Waals surface area contributed by atoms with Crippen molar-refractivity contribution in [2.45, 2.75) is 12.5 Å². The third-order valence-corrected chi connectivity index (χ3v) is 4.72. The lowest BCUT2D eigenvalue weighted by molar-refractivity contribution is 0.0682. The number of hydrogen-bond donors (Lipinski definition) is 1. The van der Waals surface area contributed by atoms with Gasteiger partial charge in [0.15, 0.2) is 11.9 Å². The molecule has 5 nitrogen and oxygen atoms in total. The second kappa shape index (κ2) is 5.11. The van der Waals surface area contributed by atoms with Crippen molar-refractivity contribution in [1.82, 2.24) is 4.90 Å². The van der Waals surface area contributed by atoms with Crippen molar-refractivity contribution in [3.63, 3.8) is 0 Å². The Morgan fingerprint density at radius 3 is 2.95 bits per heavy atom. The first-order valence-corrected chi connectivity index (χ1v) is 7.36.